The second-order valence-electron chi connectivity index (χ2n) is 8.36. The summed E-state index contributed by atoms with van der Waals surface area (Å²) in [5.41, 5.74) is 0.463. The van der Waals surface area contributed by atoms with Crippen LogP contribution in [0.5, 0.6) is 0 Å². The number of aromatic nitrogens is 2. The first-order valence-electron chi connectivity index (χ1n) is 9.66. The average molecular weight is 403 g/mol. The molecular formula is C21H26FN3O4. The van der Waals surface area contributed by atoms with Gasteiger partial charge in [-0.25, -0.2) is 14.0 Å². The van der Waals surface area contributed by atoms with Crippen LogP contribution >= 0.6 is 0 Å². The summed E-state index contributed by atoms with van der Waals surface area (Å²) in [7, 11) is 0. The summed E-state index contributed by atoms with van der Waals surface area (Å²) in [5, 5.41) is 13.3. The second kappa shape index (κ2) is 8.23. The van der Waals surface area contributed by atoms with Crippen molar-refractivity contribution in [3.63, 3.8) is 0 Å². The van der Waals surface area contributed by atoms with E-state index in [1.54, 1.807) is 17.2 Å². The van der Waals surface area contributed by atoms with Crippen LogP contribution in [0, 0.1) is 11.7 Å². The first kappa shape index (κ1) is 20.8. The van der Waals surface area contributed by atoms with Crippen LogP contribution in [-0.2, 0) is 11.3 Å². The number of carboxylic acids is 1. The maximum Gasteiger partial charge on any atom is 0.410 e. The molecule has 0 unspecified atom stereocenters. The third kappa shape index (κ3) is 5.34. The Balaban J connectivity index is 1.57. The molecule has 1 aromatic heterocycles. The van der Waals surface area contributed by atoms with Crippen LogP contribution < -0.4 is 0 Å². The quantitative estimate of drug-likeness (QED) is 0.833. The number of rotatable bonds is 4. The zero-order valence-electron chi connectivity index (χ0n) is 16.9. The highest BCUT2D eigenvalue weighted by molar-refractivity contribution is 5.88. The standard InChI is InChI=1S/C21H26FN3O4/c1-21(2,3)29-20(28)24-8-6-14(7-9-24)12-25-13-16(11-23-25)15-4-5-17(19(26)27)18(22)10-15/h4-5,10-11,13-14H,6-9,12H2,1-3H3,(H,26,27). The van der Waals surface area contributed by atoms with Crippen LogP contribution in [0.4, 0.5) is 9.18 Å². The molecule has 0 aliphatic carbocycles. The topological polar surface area (TPSA) is 84.7 Å². The van der Waals surface area contributed by atoms with Gasteiger partial charge < -0.3 is 14.7 Å². The molecule has 1 fully saturated rings. The Morgan fingerprint density at radius 1 is 1.24 bits per heavy atom. The summed E-state index contributed by atoms with van der Waals surface area (Å²) in [6, 6.07) is 4.05. The van der Waals surface area contributed by atoms with Crippen molar-refractivity contribution in [2.24, 2.45) is 5.92 Å². The Bertz CT molecular complexity index is 896. The summed E-state index contributed by atoms with van der Waals surface area (Å²) in [4.78, 5) is 24.8. The maximum absolute atomic E-state index is 13.9. The zero-order chi connectivity index (χ0) is 21.2. The second-order valence-corrected chi connectivity index (χ2v) is 8.36. The van der Waals surface area contributed by atoms with E-state index in [2.05, 4.69) is 5.10 Å². The van der Waals surface area contributed by atoms with Gasteiger partial charge in [0.1, 0.15) is 11.4 Å². The highest BCUT2D eigenvalue weighted by Gasteiger charge is 2.27. The molecule has 1 aliphatic heterocycles. The normalized spacial score (nSPS) is 15.4. The lowest BCUT2D eigenvalue weighted by molar-refractivity contribution is 0.0177. The van der Waals surface area contributed by atoms with Gasteiger partial charge >= 0.3 is 12.1 Å². The van der Waals surface area contributed by atoms with E-state index < -0.39 is 17.4 Å². The molecule has 7 nitrogen and oxygen atoms in total. The number of likely N-dealkylation sites (tertiary alicyclic amines) is 1. The number of carboxylic acid groups (broad SMARTS) is 1. The molecule has 0 bridgehead atoms. The van der Waals surface area contributed by atoms with Gasteiger partial charge in [-0.05, 0) is 57.2 Å². The van der Waals surface area contributed by atoms with Crippen molar-refractivity contribution in [2.45, 2.75) is 45.8 Å². The number of aromatic carboxylic acids is 1. The fourth-order valence-corrected chi connectivity index (χ4v) is 3.37. The highest BCUT2D eigenvalue weighted by Crippen LogP contribution is 2.24. The van der Waals surface area contributed by atoms with Gasteiger partial charge in [0.15, 0.2) is 0 Å². The third-order valence-corrected chi connectivity index (χ3v) is 4.88. The number of carbonyl (C=O) groups excluding carboxylic acids is 1. The van der Waals surface area contributed by atoms with Gasteiger partial charge in [0.25, 0.3) is 0 Å². The highest BCUT2D eigenvalue weighted by atomic mass is 19.1. The van der Waals surface area contributed by atoms with E-state index in [0.29, 0.717) is 31.1 Å². The van der Waals surface area contributed by atoms with Crippen LogP contribution in [0.25, 0.3) is 11.1 Å². The molecule has 1 saturated heterocycles. The number of ether oxygens (including phenoxy) is 1. The number of benzene rings is 1. The molecule has 0 saturated carbocycles. The van der Waals surface area contributed by atoms with Gasteiger partial charge in [-0.15, -0.1) is 0 Å². The van der Waals surface area contributed by atoms with E-state index in [1.807, 2.05) is 31.6 Å². The Hall–Kier alpha value is -2.90. The molecule has 0 atom stereocenters. The van der Waals surface area contributed by atoms with Crippen LogP contribution in [0.3, 0.4) is 0 Å². The zero-order valence-corrected chi connectivity index (χ0v) is 16.9. The number of piperidine rings is 1. The molecule has 3 rings (SSSR count). The number of halogens is 1. The van der Waals surface area contributed by atoms with Gasteiger partial charge in [0.05, 0.1) is 11.8 Å². The van der Waals surface area contributed by atoms with Gasteiger partial charge in [-0.3, -0.25) is 4.68 Å². The number of carbonyl (C=O) groups is 2. The minimum absolute atomic E-state index is 0.274. The largest absolute Gasteiger partial charge is 0.478 e. The summed E-state index contributed by atoms with van der Waals surface area (Å²) in [6.45, 7) is 7.57. The van der Waals surface area contributed by atoms with Crippen LogP contribution in [0.1, 0.15) is 44.0 Å². The molecule has 1 aromatic carbocycles. The molecule has 1 amide bonds. The summed E-state index contributed by atoms with van der Waals surface area (Å²) in [6.07, 6.45) is 4.91. The molecule has 0 spiro atoms. The minimum atomic E-state index is -1.29. The van der Waals surface area contributed by atoms with Crippen molar-refractivity contribution in [3.8, 4) is 11.1 Å². The van der Waals surface area contributed by atoms with Crippen LogP contribution in [0.15, 0.2) is 30.6 Å². The molecule has 2 heterocycles. The van der Waals surface area contributed by atoms with E-state index in [9.17, 15) is 14.0 Å². The fourth-order valence-electron chi connectivity index (χ4n) is 3.37. The molecule has 156 valence electrons. The fraction of sp³-hybridized carbons (Fsp3) is 0.476. The first-order chi connectivity index (χ1) is 13.6. The van der Waals surface area contributed by atoms with Crippen LogP contribution in [-0.4, -0.2) is 50.5 Å². The Morgan fingerprint density at radius 2 is 1.93 bits per heavy atom. The molecule has 1 N–H and O–H groups in total. The monoisotopic (exact) mass is 403 g/mol. The van der Waals surface area contributed by atoms with Gasteiger partial charge in [-0.2, -0.15) is 5.10 Å². The Morgan fingerprint density at radius 3 is 2.52 bits per heavy atom. The van der Waals surface area contributed by atoms with Crippen molar-refractivity contribution in [1.29, 1.82) is 0 Å². The first-order valence-corrected chi connectivity index (χ1v) is 9.66. The van der Waals surface area contributed by atoms with E-state index >= 15 is 0 Å². The van der Waals surface area contributed by atoms with Crippen molar-refractivity contribution >= 4 is 12.1 Å². The number of nitrogens with zero attached hydrogens (tertiary/aromatic N) is 3. The van der Waals surface area contributed by atoms with Crippen molar-refractivity contribution in [2.75, 3.05) is 13.1 Å². The van der Waals surface area contributed by atoms with E-state index in [1.165, 1.54) is 12.1 Å². The van der Waals surface area contributed by atoms with Gasteiger partial charge in [0.2, 0.25) is 0 Å². The predicted molar refractivity (Wildman–Crippen MR) is 105 cm³/mol. The van der Waals surface area contributed by atoms with E-state index in [0.717, 1.165) is 18.4 Å². The Kier molecular flexibility index (Phi) is 5.91. The van der Waals surface area contributed by atoms with E-state index in [4.69, 9.17) is 9.84 Å². The summed E-state index contributed by atoms with van der Waals surface area (Å²) >= 11 is 0. The number of hydrogen-bond acceptors (Lipinski definition) is 4. The summed E-state index contributed by atoms with van der Waals surface area (Å²) < 4.78 is 21.1. The average Bonchev–Trinajstić information content (AvgIpc) is 3.09. The smallest absolute Gasteiger partial charge is 0.410 e. The molecule has 0 radical (unpaired) electrons. The SMILES string of the molecule is CC(C)(C)OC(=O)N1CCC(Cn2cc(-c3ccc(C(=O)O)c(F)c3)cn2)CC1. The van der Waals surface area contributed by atoms with Gasteiger partial charge in [0, 0.05) is 31.4 Å². The minimum Gasteiger partial charge on any atom is -0.478 e. The Labute approximate surface area is 169 Å². The molecular weight excluding hydrogens is 377 g/mol. The van der Waals surface area contributed by atoms with Crippen molar-refractivity contribution < 1.29 is 23.8 Å². The molecule has 29 heavy (non-hydrogen) atoms. The maximum atomic E-state index is 13.9. The molecule has 8 heteroatoms. The lowest BCUT2D eigenvalue weighted by Crippen LogP contribution is -2.42. The number of amides is 1. The molecule has 2 aromatic rings. The lowest BCUT2D eigenvalue weighted by atomic mass is 9.97. The number of hydrogen-bond donors (Lipinski definition) is 1. The summed E-state index contributed by atoms with van der Waals surface area (Å²) in [5.74, 6) is -1.67. The molecule has 1 aliphatic rings. The van der Waals surface area contributed by atoms with Crippen molar-refractivity contribution in [1.82, 2.24) is 14.7 Å². The van der Waals surface area contributed by atoms with Crippen molar-refractivity contribution in [3.05, 3.63) is 42.0 Å². The van der Waals surface area contributed by atoms with E-state index in [-0.39, 0.29) is 11.7 Å². The van der Waals surface area contributed by atoms with Gasteiger partial charge in [-0.1, -0.05) is 6.07 Å². The predicted octanol–water partition coefficient (Wildman–Crippen LogP) is 4.03. The third-order valence-electron chi connectivity index (χ3n) is 4.88. The lowest BCUT2D eigenvalue weighted by Gasteiger charge is -2.33. The van der Waals surface area contributed by atoms with Crippen LogP contribution in [0.2, 0.25) is 0 Å².